The normalized spacial score (nSPS) is 20.2. The third kappa shape index (κ3) is 4.89. The molecule has 2 aromatic rings. The lowest BCUT2D eigenvalue weighted by Gasteiger charge is -2.14. The van der Waals surface area contributed by atoms with Crippen LogP contribution in [0.5, 0.6) is 0 Å². The quantitative estimate of drug-likeness (QED) is 0.443. The highest BCUT2D eigenvalue weighted by Gasteiger charge is 2.71. The fraction of sp³-hybridized carbons (Fsp3) is 0.346. The first kappa shape index (κ1) is 24.4. The number of rotatable bonds is 10. The topological polar surface area (TPSA) is 105 Å². The molecular formula is C26H26F2N2O5. The minimum Gasteiger partial charge on any atom is -0.480 e. The molecule has 184 valence electrons. The van der Waals surface area contributed by atoms with Crippen molar-refractivity contribution in [1.29, 1.82) is 0 Å². The molecule has 0 heterocycles. The molecule has 0 aliphatic heterocycles. The van der Waals surface area contributed by atoms with Crippen LogP contribution in [0.25, 0.3) is 11.1 Å². The highest BCUT2D eigenvalue weighted by molar-refractivity contribution is 5.88. The molecule has 1 fully saturated rings. The van der Waals surface area contributed by atoms with Gasteiger partial charge < -0.3 is 20.5 Å². The predicted octanol–water partition coefficient (Wildman–Crippen LogP) is 3.94. The lowest BCUT2D eigenvalue weighted by molar-refractivity contribution is -0.142. The van der Waals surface area contributed by atoms with Gasteiger partial charge in [0.05, 0.1) is 5.92 Å². The number of aliphatic carboxylic acids is 1. The summed E-state index contributed by atoms with van der Waals surface area (Å²) in [4.78, 5) is 35.8. The Bertz CT molecular complexity index is 1110. The number of benzene rings is 2. The second-order valence-electron chi connectivity index (χ2n) is 8.73. The number of nitrogens with one attached hydrogen (secondary N) is 2. The number of alkyl halides is 2. The van der Waals surface area contributed by atoms with Crippen molar-refractivity contribution in [2.45, 2.75) is 30.7 Å². The molecule has 3 unspecified atom stereocenters. The van der Waals surface area contributed by atoms with Gasteiger partial charge in [-0.3, -0.25) is 4.79 Å². The van der Waals surface area contributed by atoms with E-state index in [1.54, 1.807) is 0 Å². The van der Waals surface area contributed by atoms with Crippen LogP contribution >= 0.6 is 0 Å². The summed E-state index contributed by atoms with van der Waals surface area (Å²) in [7, 11) is 0. The van der Waals surface area contributed by atoms with Crippen LogP contribution in [0.2, 0.25) is 0 Å². The van der Waals surface area contributed by atoms with Gasteiger partial charge in [0.1, 0.15) is 18.6 Å². The van der Waals surface area contributed by atoms with Gasteiger partial charge in [-0.1, -0.05) is 54.6 Å². The van der Waals surface area contributed by atoms with Gasteiger partial charge in [-0.05, 0) is 35.1 Å². The van der Waals surface area contributed by atoms with E-state index in [9.17, 15) is 28.3 Å². The van der Waals surface area contributed by atoms with E-state index in [1.807, 2.05) is 48.5 Å². The molecule has 35 heavy (non-hydrogen) atoms. The number of hydrogen-bond acceptors (Lipinski definition) is 4. The van der Waals surface area contributed by atoms with Crippen LogP contribution in [0.15, 0.2) is 61.2 Å². The van der Waals surface area contributed by atoms with Gasteiger partial charge >= 0.3 is 12.1 Å². The standard InChI is InChI=1S/C26H26F2N2O5/c1-2-3-12-21(24(32)33)30-23(31)22-20(26(22,27)28)13-29-25(34)35-14-19-17-10-6-4-8-15(17)16-9-5-7-11-18(16)19/h2,4-11,19-22H,1,3,12-14H2,(H,29,34)(H,30,31)(H,32,33). The Balaban J connectivity index is 1.30. The number of carbonyl (C=O) groups excluding carboxylic acids is 2. The monoisotopic (exact) mass is 484 g/mol. The molecule has 4 rings (SSSR count). The molecule has 2 aromatic carbocycles. The maximum Gasteiger partial charge on any atom is 0.407 e. The Labute approximate surface area is 201 Å². The number of carboxylic acid groups (broad SMARTS) is 1. The van der Waals surface area contributed by atoms with Crippen molar-refractivity contribution in [2.24, 2.45) is 11.8 Å². The van der Waals surface area contributed by atoms with E-state index in [-0.39, 0.29) is 18.9 Å². The highest BCUT2D eigenvalue weighted by Crippen LogP contribution is 2.55. The molecule has 0 spiro atoms. The van der Waals surface area contributed by atoms with Crippen molar-refractivity contribution >= 4 is 18.0 Å². The van der Waals surface area contributed by atoms with Gasteiger partial charge in [0.2, 0.25) is 5.91 Å². The lowest BCUT2D eigenvalue weighted by Crippen LogP contribution is -2.42. The first-order chi connectivity index (χ1) is 16.8. The summed E-state index contributed by atoms with van der Waals surface area (Å²) in [6, 6.07) is 14.3. The zero-order valence-electron chi connectivity index (χ0n) is 18.9. The van der Waals surface area contributed by atoms with Gasteiger partial charge in [0, 0.05) is 12.5 Å². The van der Waals surface area contributed by atoms with Crippen molar-refractivity contribution < 1.29 is 33.0 Å². The number of alkyl carbamates (subject to hydrolysis) is 1. The SMILES string of the molecule is C=CCCC(NC(=O)C1C(CNC(=O)OCC2c3ccccc3-c3ccccc32)C1(F)F)C(=O)O. The highest BCUT2D eigenvalue weighted by atomic mass is 19.3. The fourth-order valence-corrected chi connectivity index (χ4v) is 4.65. The molecule has 0 saturated heterocycles. The summed E-state index contributed by atoms with van der Waals surface area (Å²) in [5.41, 5.74) is 4.18. The maximum atomic E-state index is 14.2. The average molecular weight is 484 g/mol. The average Bonchev–Trinajstić information content (AvgIpc) is 3.25. The van der Waals surface area contributed by atoms with Crippen LogP contribution in [0.1, 0.15) is 29.9 Å². The van der Waals surface area contributed by atoms with Crippen LogP contribution in [0.4, 0.5) is 13.6 Å². The first-order valence-electron chi connectivity index (χ1n) is 11.4. The first-order valence-corrected chi connectivity index (χ1v) is 11.4. The smallest absolute Gasteiger partial charge is 0.407 e. The van der Waals surface area contributed by atoms with E-state index in [4.69, 9.17) is 4.74 Å². The summed E-state index contributed by atoms with van der Waals surface area (Å²) < 4.78 is 33.8. The van der Waals surface area contributed by atoms with Crippen LogP contribution < -0.4 is 10.6 Å². The number of fused-ring (bicyclic) bond motifs is 3. The number of ether oxygens (including phenoxy) is 1. The largest absolute Gasteiger partial charge is 0.480 e. The number of hydrogen-bond donors (Lipinski definition) is 3. The summed E-state index contributed by atoms with van der Waals surface area (Å²) in [6.07, 6.45) is 0.981. The lowest BCUT2D eigenvalue weighted by atomic mass is 9.98. The number of carboxylic acids is 1. The van der Waals surface area contributed by atoms with Crippen LogP contribution in [-0.2, 0) is 14.3 Å². The molecule has 0 bridgehead atoms. The Morgan fingerprint density at radius 3 is 2.26 bits per heavy atom. The van der Waals surface area contributed by atoms with Crippen LogP contribution in [0, 0.1) is 11.8 Å². The minimum absolute atomic E-state index is 0.0361. The Kier molecular flexibility index (Phi) is 6.86. The zero-order valence-corrected chi connectivity index (χ0v) is 18.9. The van der Waals surface area contributed by atoms with Gasteiger partial charge in [-0.15, -0.1) is 6.58 Å². The van der Waals surface area contributed by atoms with Crippen molar-refractivity contribution in [2.75, 3.05) is 13.2 Å². The van der Waals surface area contributed by atoms with E-state index in [0.717, 1.165) is 22.3 Å². The van der Waals surface area contributed by atoms with Gasteiger partial charge in [0.25, 0.3) is 5.92 Å². The summed E-state index contributed by atoms with van der Waals surface area (Å²) in [5, 5.41) is 13.7. The molecule has 2 amide bonds. The fourth-order valence-electron chi connectivity index (χ4n) is 4.65. The van der Waals surface area contributed by atoms with E-state index in [1.165, 1.54) is 6.08 Å². The number of allylic oxidation sites excluding steroid dienone is 1. The molecule has 3 N–H and O–H groups in total. The maximum absolute atomic E-state index is 14.2. The number of halogens is 2. The molecule has 0 aromatic heterocycles. The minimum atomic E-state index is -3.35. The van der Waals surface area contributed by atoms with Gasteiger partial charge in [0.15, 0.2) is 0 Å². The Hall–Kier alpha value is -3.75. The van der Waals surface area contributed by atoms with Crippen LogP contribution in [-0.4, -0.2) is 48.2 Å². The van der Waals surface area contributed by atoms with E-state index in [2.05, 4.69) is 17.2 Å². The molecule has 7 nitrogen and oxygen atoms in total. The molecule has 9 heteroatoms. The van der Waals surface area contributed by atoms with E-state index < -0.39 is 48.3 Å². The third-order valence-electron chi connectivity index (χ3n) is 6.57. The molecule has 2 aliphatic carbocycles. The summed E-state index contributed by atoms with van der Waals surface area (Å²) in [5.74, 6) is -9.01. The van der Waals surface area contributed by atoms with Crippen molar-refractivity contribution in [3.8, 4) is 11.1 Å². The van der Waals surface area contributed by atoms with E-state index in [0.29, 0.717) is 6.42 Å². The van der Waals surface area contributed by atoms with Crippen molar-refractivity contribution in [3.63, 3.8) is 0 Å². The van der Waals surface area contributed by atoms with Crippen molar-refractivity contribution in [1.82, 2.24) is 10.6 Å². The second-order valence-corrected chi connectivity index (χ2v) is 8.73. The molecule has 3 atom stereocenters. The summed E-state index contributed by atoms with van der Waals surface area (Å²) in [6.45, 7) is 3.05. The van der Waals surface area contributed by atoms with Gasteiger partial charge in [-0.25, -0.2) is 18.4 Å². The molecular weight excluding hydrogens is 458 g/mol. The second kappa shape index (κ2) is 9.85. The predicted molar refractivity (Wildman–Crippen MR) is 124 cm³/mol. The zero-order chi connectivity index (χ0) is 25.2. The Morgan fingerprint density at radius 1 is 1.09 bits per heavy atom. The van der Waals surface area contributed by atoms with Crippen LogP contribution in [0.3, 0.4) is 0 Å². The van der Waals surface area contributed by atoms with Gasteiger partial charge in [-0.2, -0.15) is 0 Å². The number of amides is 2. The molecule has 1 saturated carbocycles. The van der Waals surface area contributed by atoms with E-state index >= 15 is 0 Å². The molecule has 0 radical (unpaired) electrons. The molecule has 2 aliphatic rings. The summed E-state index contributed by atoms with van der Waals surface area (Å²) >= 11 is 0. The van der Waals surface area contributed by atoms with Crippen molar-refractivity contribution in [3.05, 3.63) is 72.3 Å². The Morgan fingerprint density at radius 2 is 1.69 bits per heavy atom. The third-order valence-corrected chi connectivity index (χ3v) is 6.57. The number of carbonyl (C=O) groups is 3.